The minimum absolute atomic E-state index is 0.124. The zero-order valence-electron chi connectivity index (χ0n) is 6.66. The average molecular weight is 176 g/mol. The van der Waals surface area contributed by atoms with Crippen molar-refractivity contribution in [2.75, 3.05) is 13.4 Å². The van der Waals surface area contributed by atoms with Gasteiger partial charge in [0.15, 0.2) is 6.10 Å². The molecule has 1 fully saturated rings. The summed E-state index contributed by atoms with van der Waals surface area (Å²) in [6, 6.07) is 0. The van der Waals surface area contributed by atoms with Crippen LogP contribution < -0.4 is 0 Å². The Balaban J connectivity index is 2.61. The third kappa shape index (κ3) is 1.51. The van der Waals surface area contributed by atoms with Gasteiger partial charge in [-0.05, 0) is 19.1 Å². The van der Waals surface area contributed by atoms with Crippen molar-refractivity contribution in [2.45, 2.75) is 23.7 Å². The maximum Gasteiger partial charge on any atom is 0.334 e. The number of methoxy groups -OCH3 is 1. The van der Waals surface area contributed by atoms with E-state index in [0.29, 0.717) is 0 Å². The highest BCUT2D eigenvalue weighted by Crippen LogP contribution is 2.50. The second-order valence-electron chi connectivity index (χ2n) is 2.72. The van der Waals surface area contributed by atoms with Crippen LogP contribution in [0.2, 0.25) is 0 Å². The lowest BCUT2D eigenvalue weighted by molar-refractivity contribution is -0.148. The van der Waals surface area contributed by atoms with Gasteiger partial charge in [-0.2, -0.15) is 11.8 Å². The molecule has 1 N–H and O–H groups in total. The lowest BCUT2D eigenvalue weighted by Gasteiger charge is -2.19. The minimum atomic E-state index is -0.848. The first-order valence-corrected chi connectivity index (χ1v) is 4.69. The number of carboxylic acids is 1. The molecule has 0 aromatic rings. The van der Waals surface area contributed by atoms with Gasteiger partial charge >= 0.3 is 5.97 Å². The van der Waals surface area contributed by atoms with Crippen LogP contribution in [0.4, 0.5) is 0 Å². The molecule has 1 unspecified atom stereocenters. The number of aliphatic carboxylic acids is 1. The highest BCUT2D eigenvalue weighted by molar-refractivity contribution is 8.00. The van der Waals surface area contributed by atoms with Gasteiger partial charge in [-0.3, -0.25) is 0 Å². The van der Waals surface area contributed by atoms with Crippen molar-refractivity contribution >= 4 is 17.7 Å². The van der Waals surface area contributed by atoms with Crippen molar-refractivity contribution in [3.05, 3.63) is 0 Å². The summed E-state index contributed by atoms with van der Waals surface area (Å²) in [6.07, 6.45) is 3.22. The van der Waals surface area contributed by atoms with Gasteiger partial charge in [0.1, 0.15) is 0 Å². The maximum atomic E-state index is 10.6. The second-order valence-corrected chi connectivity index (χ2v) is 3.94. The Morgan fingerprint density at radius 1 is 1.73 bits per heavy atom. The van der Waals surface area contributed by atoms with Gasteiger partial charge in [0.05, 0.1) is 4.75 Å². The lowest BCUT2D eigenvalue weighted by Crippen LogP contribution is -2.35. The summed E-state index contributed by atoms with van der Waals surface area (Å²) in [7, 11) is 1.45. The van der Waals surface area contributed by atoms with Gasteiger partial charge in [-0.25, -0.2) is 4.79 Å². The molecule has 3 nitrogen and oxygen atoms in total. The van der Waals surface area contributed by atoms with Crippen LogP contribution in [-0.2, 0) is 9.53 Å². The average Bonchev–Trinajstić information content (AvgIpc) is 2.70. The fraction of sp³-hybridized carbons (Fsp3) is 0.857. The number of hydrogen-bond donors (Lipinski definition) is 1. The molecular formula is C7H12O3S. The summed E-state index contributed by atoms with van der Waals surface area (Å²) in [6.45, 7) is 0. The van der Waals surface area contributed by atoms with Crippen molar-refractivity contribution < 1.29 is 14.6 Å². The van der Waals surface area contributed by atoms with E-state index in [1.807, 2.05) is 6.26 Å². The molecule has 64 valence electrons. The Morgan fingerprint density at radius 3 is 2.36 bits per heavy atom. The molecule has 0 saturated heterocycles. The topological polar surface area (TPSA) is 46.5 Å². The quantitative estimate of drug-likeness (QED) is 0.693. The lowest BCUT2D eigenvalue weighted by atomic mass is 10.2. The summed E-state index contributed by atoms with van der Waals surface area (Å²) in [5.74, 6) is -0.848. The third-order valence-electron chi connectivity index (χ3n) is 2.09. The molecule has 0 aromatic heterocycles. The molecule has 0 radical (unpaired) electrons. The van der Waals surface area contributed by atoms with Crippen LogP contribution >= 0.6 is 11.8 Å². The molecular weight excluding hydrogens is 164 g/mol. The summed E-state index contributed by atoms with van der Waals surface area (Å²) >= 11 is 1.59. The molecule has 0 bridgehead atoms. The monoisotopic (exact) mass is 176 g/mol. The van der Waals surface area contributed by atoms with E-state index in [0.717, 1.165) is 12.8 Å². The number of ether oxygens (including phenoxy) is 1. The van der Waals surface area contributed by atoms with Gasteiger partial charge in [0.25, 0.3) is 0 Å². The number of hydrogen-bond acceptors (Lipinski definition) is 3. The van der Waals surface area contributed by atoms with Crippen LogP contribution in [0, 0.1) is 0 Å². The molecule has 0 heterocycles. The Labute approximate surface area is 70.1 Å². The predicted molar refractivity (Wildman–Crippen MR) is 43.9 cm³/mol. The first kappa shape index (κ1) is 8.87. The number of rotatable bonds is 4. The highest BCUT2D eigenvalue weighted by Gasteiger charge is 2.52. The predicted octanol–water partition coefficient (Wildman–Crippen LogP) is 0.982. The van der Waals surface area contributed by atoms with Gasteiger partial charge in [-0.15, -0.1) is 0 Å². The fourth-order valence-corrected chi connectivity index (χ4v) is 2.16. The highest BCUT2D eigenvalue weighted by atomic mass is 32.2. The largest absolute Gasteiger partial charge is 0.479 e. The van der Waals surface area contributed by atoms with E-state index in [9.17, 15) is 4.79 Å². The zero-order chi connectivity index (χ0) is 8.48. The van der Waals surface area contributed by atoms with Crippen LogP contribution in [0.5, 0.6) is 0 Å². The van der Waals surface area contributed by atoms with Crippen molar-refractivity contribution in [1.82, 2.24) is 0 Å². The van der Waals surface area contributed by atoms with E-state index in [-0.39, 0.29) is 4.75 Å². The zero-order valence-corrected chi connectivity index (χ0v) is 7.48. The van der Waals surface area contributed by atoms with Crippen molar-refractivity contribution in [1.29, 1.82) is 0 Å². The molecule has 1 rings (SSSR count). The molecule has 1 aliphatic rings. The van der Waals surface area contributed by atoms with E-state index in [2.05, 4.69) is 0 Å². The molecule has 1 atom stereocenters. The van der Waals surface area contributed by atoms with Gasteiger partial charge in [0.2, 0.25) is 0 Å². The smallest absolute Gasteiger partial charge is 0.334 e. The fourth-order valence-electron chi connectivity index (χ4n) is 1.24. The molecule has 0 aromatic carbocycles. The van der Waals surface area contributed by atoms with Crippen LogP contribution in [0.25, 0.3) is 0 Å². The summed E-state index contributed by atoms with van der Waals surface area (Å²) in [5, 5.41) is 8.74. The second kappa shape index (κ2) is 3.03. The Kier molecular flexibility index (Phi) is 2.44. The summed E-state index contributed by atoms with van der Waals surface area (Å²) in [4.78, 5) is 10.6. The van der Waals surface area contributed by atoms with Crippen LogP contribution in [0.15, 0.2) is 0 Å². The minimum Gasteiger partial charge on any atom is -0.479 e. The maximum absolute atomic E-state index is 10.6. The third-order valence-corrected chi connectivity index (χ3v) is 3.52. The number of carboxylic acid groups (broad SMARTS) is 1. The first-order chi connectivity index (χ1) is 5.16. The molecule has 0 amide bonds. The number of carbonyl (C=O) groups is 1. The summed E-state index contributed by atoms with van der Waals surface area (Å²) < 4.78 is 4.79. The van der Waals surface area contributed by atoms with Gasteiger partial charge < -0.3 is 9.84 Å². The first-order valence-electron chi connectivity index (χ1n) is 3.47. The van der Waals surface area contributed by atoms with Crippen LogP contribution in [0.1, 0.15) is 12.8 Å². The molecule has 0 aliphatic heterocycles. The molecule has 1 aliphatic carbocycles. The van der Waals surface area contributed by atoms with Crippen molar-refractivity contribution in [3.63, 3.8) is 0 Å². The summed E-state index contributed by atoms with van der Waals surface area (Å²) in [5.41, 5.74) is 0. The van der Waals surface area contributed by atoms with E-state index in [1.54, 1.807) is 11.8 Å². The SMILES string of the molecule is COC(C(=O)O)C1(SC)CC1. The van der Waals surface area contributed by atoms with E-state index >= 15 is 0 Å². The Morgan fingerprint density at radius 2 is 2.27 bits per heavy atom. The van der Waals surface area contributed by atoms with Gasteiger partial charge in [0, 0.05) is 7.11 Å². The van der Waals surface area contributed by atoms with Crippen molar-refractivity contribution in [3.8, 4) is 0 Å². The van der Waals surface area contributed by atoms with Gasteiger partial charge in [-0.1, -0.05) is 0 Å². The molecule has 1 saturated carbocycles. The van der Waals surface area contributed by atoms with E-state index < -0.39 is 12.1 Å². The van der Waals surface area contributed by atoms with Crippen LogP contribution in [-0.4, -0.2) is 35.3 Å². The Bertz CT molecular complexity index is 165. The molecule has 0 spiro atoms. The Hall–Kier alpha value is -0.220. The standard InChI is InChI=1S/C7H12O3S/c1-10-5(6(8)9)7(11-2)3-4-7/h5H,3-4H2,1-2H3,(H,8,9). The van der Waals surface area contributed by atoms with Crippen molar-refractivity contribution in [2.24, 2.45) is 0 Å². The molecule has 11 heavy (non-hydrogen) atoms. The molecule has 4 heteroatoms. The van der Waals surface area contributed by atoms with E-state index in [4.69, 9.17) is 9.84 Å². The normalized spacial score (nSPS) is 22.7. The van der Waals surface area contributed by atoms with E-state index in [1.165, 1.54) is 7.11 Å². The van der Waals surface area contributed by atoms with Crippen LogP contribution in [0.3, 0.4) is 0 Å². The number of thioether (sulfide) groups is 1.